The topological polar surface area (TPSA) is 67.8 Å². The maximum absolute atomic E-state index is 14.2. The summed E-state index contributed by atoms with van der Waals surface area (Å²) in [5.41, 5.74) is 0.468. The second kappa shape index (κ2) is 8.15. The van der Waals surface area contributed by atoms with Gasteiger partial charge in [-0.3, -0.25) is 9.88 Å². The molecule has 10 heteroatoms. The Bertz CT molecular complexity index is 1120. The van der Waals surface area contributed by atoms with E-state index in [0.29, 0.717) is 27.9 Å². The third-order valence-corrected chi connectivity index (χ3v) is 5.46. The van der Waals surface area contributed by atoms with Gasteiger partial charge in [-0.05, 0) is 24.3 Å². The van der Waals surface area contributed by atoms with Crippen molar-refractivity contribution in [1.82, 2.24) is 9.97 Å². The van der Waals surface area contributed by atoms with Crippen molar-refractivity contribution < 1.29 is 23.0 Å². The first kappa shape index (κ1) is 19.9. The van der Waals surface area contributed by atoms with Crippen LogP contribution in [0, 0.1) is 11.6 Å². The Morgan fingerprint density at radius 2 is 1.87 bits per heavy atom. The number of hydrogen-bond donors (Lipinski definition) is 0. The van der Waals surface area contributed by atoms with Gasteiger partial charge in [0.1, 0.15) is 11.6 Å². The zero-order valence-corrected chi connectivity index (χ0v) is 16.8. The molecular weight excluding hydrogens is 414 g/mol. The van der Waals surface area contributed by atoms with E-state index in [2.05, 4.69) is 9.97 Å². The minimum atomic E-state index is -0.837. The van der Waals surface area contributed by atoms with Crippen molar-refractivity contribution in [1.29, 1.82) is 0 Å². The molecule has 7 nitrogen and oxygen atoms in total. The van der Waals surface area contributed by atoms with Crippen LogP contribution in [0.4, 0.5) is 25.1 Å². The van der Waals surface area contributed by atoms with Gasteiger partial charge in [0.2, 0.25) is 0 Å². The summed E-state index contributed by atoms with van der Waals surface area (Å²) in [7, 11) is 3.02. The van der Waals surface area contributed by atoms with E-state index in [-0.39, 0.29) is 12.2 Å². The van der Waals surface area contributed by atoms with Crippen molar-refractivity contribution in [3.05, 3.63) is 66.1 Å². The van der Waals surface area contributed by atoms with E-state index in [1.165, 1.54) is 35.4 Å². The van der Waals surface area contributed by atoms with Crippen molar-refractivity contribution >= 4 is 29.5 Å². The summed E-state index contributed by atoms with van der Waals surface area (Å²) >= 11 is 1.18. The van der Waals surface area contributed by atoms with Gasteiger partial charge in [0, 0.05) is 30.3 Å². The average Bonchev–Trinajstić information content (AvgIpc) is 2.76. The maximum Gasteiger partial charge on any atom is 0.341 e. The number of halogens is 2. The van der Waals surface area contributed by atoms with E-state index in [0.717, 1.165) is 12.3 Å². The normalized spacial score (nSPS) is 13.3. The number of carbonyl (C=O) groups excluding carboxylic acids is 1. The first-order valence-electron chi connectivity index (χ1n) is 8.78. The third-order valence-electron chi connectivity index (χ3n) is 4.39. The number of benzene rings is 1. The molecule has 0 N–H and O–H groups in total. The predicted molar refractivity (Wildman–Crippen MR) is 108 cm³/mol. The molecule has 3 aromatic rings. The fourth-order valence-corrected chi connectivity index (χ4v) is 3.94. The molecule has 0 atom stereocenters. The highest BCUT2D eigenvalue weighted by Crippen LogP contribution is 2.42. The Balaban J connectivity index is 1.74. The van der Waals surface area contributed by atoms with Crippen LogP contribution in [0.15, 0.2) is 53.7 Å². The number of ether oxygens (including phenoxy) is 2. The predicted octanol–water partition coefficient (Wildman–Crippen LogP) is 4.43. The largest absolute Gasteiger partial charge is 0.493 e. The van der Waals surface area contributed by atoms with Crippen LogP contribution in [0.3, 0.4) is 0 Å². The molecule has 2 aromatic heterocycles. The summed E-state index contributed by atoms with van der Waals surface area (Å²) in [4.78, 5) is 23.4. The van der Waals surface area contributed by atoms with E-state index in [9.17, 15) is 13.6 Å². The van der Waals surface area contributed by atoms with Gasteiger partial charge < -0.3 is 9.47 Å². The number of anilines is 2. The molecule has 0 spiro atoms. The van der Waals surface area contributed by atoms with Crippen molar-refractivity contribution in [3.63, 3.8) is 0 Å². The molecule has 4 rings (SSSR count). The van der Waals surface area contributed by atoms with Crippen LogP contribution in [0.2, 0.25) is 0 Å². The SMILES string of the molecule is COc1ccc(N2Sc3cccnc3N(Cc3ncc(F)cc3F)C2=O)cc1OC. The second-order valence-electron chi connectivity index (χ2n) is 6.20. The molecule has 0 saturated heterocycles. The number of nitrogens with zero attached hydrogens (tertiary/aromatic N) is 4. The molecule has 0 fully saturated rings. The zero-order valence-electron chi connectivity index (χ0n) is 16.0. The summed E-state index contributed by atoms with van der Waals surface area (Å²) in [6.07, 6.45) is 2.45. The summed E-state index contributed by atoms with van der Waals surface area (Å²) in [5.74, 6) is -0.279. The standard InChI is InChI=1S/C20H16F2N4O3S/c1-28-16-6-5-13(9-17(16)29-2)26-20(27)25(19-18(30-26)4-3-7-23-19)11-15-14(22)8-12(21)10-24-15/h3-10H,11H2,1-2H3. The summed E-state index contributed by atoms with van der Waals surface area (Å²) < 4.78 is 39.4. The summed E-state index contributed by atoms with van der Waals surface area (Å²) in [6, 6.07) is 8.88. The molecule has 1 aliphatic heterocycles. The van der Waals surface area contributed by atoms with Gasteiger partial charge in [-0.25, -0.2) is 22.9 Å². The molecule has 1 aliphatic rings. The highest BCUT2D eigenvalue weighted by atomic mass is 32.2. The molecule has 0 radical (unpaired) electrons. The minimum absolute atomic E-state index is 0.0690. The smallest absolute Gasteiger partial charge is 0.341 e. The van der Waals surface area contributed by atoms with Gasteiger partial charge in [-0.1, -0.05) is 0 Å². The zero-order chi connectivity index (χ0) is 21.3. The van der Waals surface area contributed by atoms with Gasteiger partial charge >= 0.3 is 6.03 Å². The Hall–Kier alpha value is -3.40. The first-order valence-corrected chi connectivity index (χ1v) is 9.55. The van der Waals surface area contributed by atoms with Crippen molar-refractivity contribution in [3.8, 4) is 11.5 Å². The number of fused-ring (bicyclic) bond motifs is 1. The van der Waals surface area contributed by atoms with E-state index in [1.807, 2.05) is 0 Å². The molecule has 0 aliphatic carbocycles. The number of urea groups is 1. The third kappa shape index (κ3) is 3.61. The lowest BCUT2D eigenvalue weighted by Gasteiger charge is -2.34. The molecule has 3 heterocycles. The van der Waals surface area contributed by atoms with Gasteiger partial charge in [0.25, 0.3) is 0 Å². The van der Waals surface area contributed by atoms with Crippen LogP contribution in [0.25, 0.3) is 0 Å². The van der Waals surface area contributed by atoms with Gasteiger partial charge in [-0.2, -0.15) is 0 Å². The molecular formula is C20H16F2N4O3S. The van der Waals surface area contributed by atoms with Gasteiger partial charge in [-0.15, -0.1) is 0 Å². The highest BCUT2D eigenvalue weighted by molar-refractivity contribution is 8.01. The Kier molecular flexibility index (Phi) is 5.40. The average molecular weight is 430 g/mol. The van der Waals surface area contributed by atoms with Gasteiger partial charge in [0.15, 0.2) is 17.3 Å². The number of carbonyl (C=O) groups is 1. The van der Waals surface area contributed by atoms with E-state index in [1.54, 1.807) is 36.5 Å². The molecule has 0 saturated carbocycles. The summed E-state index contributed by atoms with van der Waals surface area (Å²) in [5, 5.41) is 0. The number of hydrogen-bond acceptors (Lipinski definition) is 6. The number of rotatable bonds is 5. The molecule has 1 aromatic carbocycles. The van der Waals surface area contributed by atoms with Crippen molar-refractivity contribution in [2.45, 2.75) is 11.4 Å². The number of aromatic nitrogens is 2. The molecule has 154 valence electrons. The van der Waals surface area contributed by atoms with Crippen LogP contribution in [0.5, 0.6) is 11.5 Å². The van der Waals surface area contributed by atoms with Crippen molar-refractivity contribution in [2.24, 2.45) is 0 Å². The molecule has 2 amide bonds. The lowest BCUT2D eigenvalue weighted by atomic mass is 10.2. The van der Waals surface area contributed by atoms with E-state index in [4.69, 9.17) is 9.47 Å². The number of amides is 2. The molecule has 0 bridgehead atoms. The Morgan fingerprint density at radius 1 is 1.07 bits per heavy atom. The monoisotopic (exact) mass is 430 g/mol. The number of methoxy groups -OCH3 is 2. The molecule has 30 heavy (non-hydrogen) atoms. The molecule has 0 unspecified atom stereocenters. The Labute approximate surface area is 175 Å². The quantitative estimate of drug-likeness (QED) is 0.558. The highest BCUT2D eigenvalue weighted by Gasteiger charge is 2.34. The maximum atomic E-state index is 14.2. The summed E-state index contributed by atoms with van der Waals surface area (Å²) in [6.45, 7) is -0.209. The second-order valence-corrected chi connectivity index (χ2v) is 7.19. The lowest BCUT2D eigenvalue weighted by Crippen LogP contribution is -2.43. The van der Waals surface area contributed by atoms with Crippen LogP contribution in [0.1, 0.15) is 5.69 Å². The first-order chi connectivity index (χ1) is 14.5. The van der Waals surface area contributed by atoms with E-state index >= 15 is 0 Å². The lowest BCUT2D eigenvalue weighted by molar-refractivity contribution is 0.253. The van der Waals surface area contributed by atoms with Gasteiger partial charge in [0.05, 0.1) is 43.2 Å². The Morgan fingerprint density at radius 3 is 2.60 bits per heavy atom. The van der Waals surface area contributed by atoms with Crippen LogP contribution in [-0.2, 0) is 6.54 Å². The fourth-order valence-electron chi connectivity index (χ4n) is 2.96. The van der Waals surface area contributed by atoms with Crippen LogP contribution < -0.4 is 18.7 Å². The van der Waals surface area contributed by atoms with Crippen LogP contribution in [-0.4, -0.2) is 30.2 Å². The van der Waals surface area contributed by atoms with Crippen LogP contribution >= 0.6 is 11.9 Å². The number of pyridine rings is 2. The van der Waals surface area contributed by atoms with E-state index < -0.39 is 17.7 Å². The fraction of sp³-hybridized carbons (Fsp3) is 0.150. The van der Waals surface area contributed by atoms with Crippen molar-refractivity contribution in [2.75, 3.05) is 23.4 Å². The minimum Gasteiger partial charge on any atom is -0.493 e.